The fourth-order valence-corrected chi connectivity index (χ4v) is 6.46. The van der Waals surface area contributed by atoms with E-state index >= 15 is 0 Å². The molecule has 5 rings (SSSR count). The number of hydrogen-bond acceptors (Lipinski definition) is 6. The first-order valence-corrected chi connectivity index (χ1v) is 12.4. The summed E-state index contributed by atoms with van der Waals surface area (Å²) in [5.41, 5.74) is 0.592. The lowest BCUT2D eigenvalue weighted by molar-refractivity contribution is -0.137. The van der Waals surface area contributed by atoms with Crippen molar-refractivity contribution >= 4 is 34.8 Å². The van der Waals surface area contributed by atoms with E-state index in [1.165, 1.54) is 17.4 Å². The highest BCUT2D eigenvalue weighted by molar-refractivity contribution is 7.17. The Morgan fingerprint density at radius 1 is 1.30 bits per heavy atom. The molecular formula is C23H25ClFN3O4S. The van der Waals surface area contributed by atoms with Gasteiger partial charge in [0, 0.05) is 23.2 Å². The van der Waals surface area contributed by atoms with Gasteiger partial charge in [-0.2, -0.15) is 0 Å². The zero-order valence-electron chi connectivity index (χ0n) is 17.8. The van der Waals surface area contributed by atoms with Crippen LogP contribution in [0.25, 0.3) is 10.4 Å². The van der Waals surface area contributed by atoms with Crippen molar-refractivity contribution < 1.29 is 23.8 Å². The molecule has 7 nitrogen and oxygen atoms in total. The van der Waals surface area contributed by atoms with Gasteiger partial charge in [0.05, 0.1) is 35.2 Å². The molecule has 2 aromatic heterocycles. The maximum Gasteiger partial charge on any atom is 0.262 e. The molecule has 33 heavy (non-hydrogen) atoms. The molecule has 0 bridgehead atoms. The predicted octanol–water partition coefficient (Wildman–Crippen LogP) is 2.82. The Morgan fingerprint density at radius 3 is 2.85 bits per heavy atom. The van der Waals surface area contributed by atoms with E-state index in [0.717, 1.165) is 36.8 Å². The number of amides is 2. The van der Waals surface area contributed by atoms with Gasteiger partial charge in [-0.1, -0.05) is 12.8 Å². The van der Waals surface area contributed by atoms with Crippen molar-refractivity contribution in [3.8, 4) is 10.4 Å². The third-order valence-electron chi connectivity index (χ3n) is 6.80. The average Bonchev–Trinajstić information content (AvgIpc) is 3.59. The first-order chi connectivity index (χ1) is 15.9. The number of aliphatic hydroxyl groups is 1. The number of halogens is 2. The van der Waals surface area contributed by atoms with Crippen LogP contribution in [0.15, 0.2) is 30.6 Å². The number of ether oxygens (including phenoxy) is 1. The molecule has 0 spiro atoms. The number of likely N-dealkylation sites (tertiary alicyclic amines) is 1. The number of carbonyl (C=O) groups excluding carboxylic acids is 2. The number of aliphatic hydroxyl groups excluding tert-OH is 1. The highest BCUT2D eigenvalue weighted by Gasteiger charge is 2.53. The number of nitrogens with zero attached hydrogens (tertiary/aromatic N) is 2. The maximum atomic E-state index is 13.6. The van der Waals surface area contributed by atoms with Crippen LogP contribution in [0.1, 0.15) is 35.4 Å². The zero-order valence-corrected chi connectivity index (χ0v) is 19.4. The minimum atomic E-state index is -0.789. The fraction of sp³-hybridized carbons (Fsp3) is 0.522. The molecule has 0 radical (unpaired) electrons. The largest absolute Gasteiger partial charge is 0.388 e. The molecule has 2 aromatic rings. The second kappa shape index (κ2) is 9.29. The summed E-state index contributed by atoms with van der Waals surface area (Å²) in [5.74, 6) is -0.981. The smallest absolute Gasteiger partial charge is 0.262 e. The number of fused-ring (bicyclic) bond motifs is 1. The van der Waals surface area contributed by atoms with Crippen LogP contribution >= 0.6 is 22.9 Å². The van der Waals surface area contributed by atoms with Crippen LogP contribution in [0.2, 0.25) is 0 Å². The van der Waals surface area contributed by atoms with Crippen LogP contribution in [0, 0.1) is 11.7 Å². The van der Waals surface area contributed by atoms with Crippen LogP contribution in [-0.2, 0) is 9.53 Å². The Balaban J connectivity index is 1.35. The number of pyridine rings is 1. The van der Waals surface area contributed by atoms with Gasteiger partial charge in [0.25, 0.3) is 5.91 Å². The normalized spacial score (nSPS) is 28.2. The van der Waals surface area contributed by atoms with E-state index in [0.29, 0.717) is 10.4 Å². The van der Waals surface area contributed by atoms with Gasteiger partial charge in [-0.3, -0.25) is 14.6 Å². The molecule has 0 aromatic carbocycles. The van der Waals surface area contributed by atoms with Crippen molar-refractivity contribution in [2.24, 2.45) is 5.92 Å². The molecule has 2 aliphatic heterocycles. The van der Waals surface area contributed by atoms with Crippen LogP contribution in [0.4, 0.5) is 4.39 Å². The van der Waals surface area contributed by atoms with Gasteiger partial charge in [0.2, 0.25) is 5.91 Å². The first-order valence-electron chi connectivity index (χ1n) is 11.2. The molecule has 176 valence electrons. The summed E-state index contributed by atoms with van der Waals surface area (Å²) in [4.78, 5) is 33.4. The van der Waals surface area contributed by atoms with Crippen LogP contribution in [0.5, 0.6) is 0 Å². The Kier molecular flexibility index (Phi) is 6.39. The highest BCUT2D eigenvalue weighted by atomic mass is 35.5. The van der Waals surface area contributed by atoms with Crippen LogP contribution in [-0.4, -0.2) is 69.6 Å². The van der Waals surface area contributed by atoms with Crippen molar-refractivity contribution in [3.63, 3.8) is 0 Å². The van der Waals surface area contributed by atoms with Gasteiger partial charge >= 0.3 is 0 Å². The topological polar surface area (TPSA) is 91.8 Å². The molecule has 1 aliphatic carbocycles. The molecule has 2 N–H and O–H groups in total. The quantitative estimate of drug-likeness (QED) is 0.625. The van der Waals surface area contributed by atoms with Gasteiger partial charge in [-0.25, -0.2) is 4.39 Å². The summed E-state index contributed by atoms with van der Waals surface area (Å²) in [5, 5.41) is 12.9. The number of alkyl halides is 1. The predicted molar refractivity (Wildman–Crippen MR) is 122 cm³/mol. The van der Waals surface area contributed by atoms with Gasteiger partial charge in [0.15, 0.2) is 0 Å². The summed E-state index contributed by atoms with van der Waals surface area (Å²) in [6, 6.07) is 3.60. The maximum absolute atomic E-state index is 13.6. The fourth-order valence-electron chi connectivity index (χ4n) is 5.20. The molecule has 1 saturated carbocycles. The third kappa shape index (κ3) is 4.39. The summed E-state index contributed by atoms with van der Waals surface area (Å²) in [6.07, 6.45) is 5.21. The van der Waals surface area contributed by atoms with E-state index in [9.17, 15) is 19.1 Å². The highest BCUT2D eigenvalue weighted by Crippen LogP contribution is 2.36. The van der Waals surface area contributed by atoms with Gasteiger partial charge in [-0.15, -0.1) is 22.9 Å². The van der Waals surface area contributed by atoms with E-state index in [1.54, 1.807) is 23.2 Å². The van der Waals surface area contributed by atoms with Crippen molar-refractivity contribution in [1.29, 1.82) is 0 Å². The average molecular weight is 494 g/mol. The zero-order chi connectivity index (χ0) is 23.1. The second-order valence-corrected chi connectivity index (χ2v) is 10.6. The van der Waals surface area contributed by atoms with Crippen molar-refractivity contribution in [1.82, 2.24) is 15.2 Å². The molecule has 2 saturated heterocycles. The first kappa shape index (κ1) is 22.7. The lowest BCUT2D eigenvalue weighted by atomic mass is 9.96. The minimum Gasteiger partial charge on any atom is -0.388 e. The molecule has 4 heterocycles. The van der Waals surface area contributed by atoms with E-state index < -0.39 is 35.5 Å². The summed E-state index contributed by atoms with van der Waals surface area (Å²) in [7, 11) is 0. The number of rotatable bonds is 5. The Hall–Kier alpha value is -2.07. The molecule has 5 atom stereocenters. The summed E-state index contributed by atoms with van der Waals surface area (Å²) >= 11 is 7.63. The number of aromatic nitrogens is 1. The Morgan fingerprint density at radius 2 is 2.09 bits per heavy atom. The van der Waals surface area contributed by atoms with E-state index in [-0.39, 0.29) is 30.9 Å². The third-order valence-corrected chi connectivity index (χ3v) is 8.32. The van der Waals surface area contributed by atoms with Crippen LogP contribution < -0.4 is 5.32 Å². The molecule has 10 heteroatoms. The molecule has 0 unspecified atom stereocenters. The standard InChI is InChI=1S/C23H25ClFN3O4S/c24-15-10-28(20-16(29)11-32-21(15)20)23(31)19(12-3-1-2-4-12)27-22(30)18-6-5-17(33-18)13-7-14(25)9-26-8-13/h5-9,12,15-16,19-21,29H,1-4,10-11H2,(H,27,30)/t15-,16-,19-,20+,21+/m0/s1. The molecule has 3 fully saturated rings. The Bertz CT molecular complexity index is 1050. The Labute approximate surface area is 199 Å². The minimum absolute atomic E-state index is 0.0283. The lowest BCUT2D eigenvalue weighted by Crippen LogP contribution is -2.55. The van der Waals surface area contributed by atoms with E-state index in [4.69, 9.17) is 16.3 Å². The molecular weight excluding hydrogens is 469 g/mol. The van der Waals surface area contributed by atoms with Crippen molar-refractivity contribution in [2.75, 3.05) is 13.2 Å². The monoisotopic (exact) mass is 493 g/mol. The number of carbonyl (C=O) groups is 2. The number of hydrogen-bond donors (Lipinski definition) is 2. The lowest BCUT2D eigenvalue weighted by Gasteiger charge is -2.32. The van der Waals surface area contributed by atoms with Crippen molar-refractivity contribution in [3.05, 3.63) is 41.3 Å². The summed E-state index contributed by atoms with van der Waals surface area (Å²) < 4.78 is 19.1. The van der Waals surface area contributed by atoms with Gasteiger partial charge in [0.1, 0.15) is 18.0 Å². The molecule has 3 aliphatic rings. The number of thiophene rings is 1. The van der Waals surface area contributed by atoms with Gasteiger partial charge in [-0.05, 0) is 37.0 Å². The molecule has 2 amide bonds. The van der Waals surface area contributed by atoms with E-state index in [2.05, 4.69) is 10.3 Å². The van der Waals surface area contributed by atoms with E-state index in [1.807, 2.05) is 0 Å². The van der Waals surface area contributed by atoms with Crippen molar-refractivity contribution in [2.45, 2.75) is 55.4 Å². The van der Waals surface area contributed by atoms with Crippen LogP contribution in [0.3, 0.4) is 0 Å². The SMILES string of the molecule is O=C(N[C@H](C(=O)N1C[C@H](Cl)[C@H]2OC[C@H](O)[C@H]21)C1CCCC1)c1ccc(-c2cncc(F)c2)s1. The summed E-state index contributed by atoms with van der Waals surface area (Å²) in [6.45, 7) is 0.428. The number of nitrogens with one attached hydrogen (secondary N) is 1. The van der Waals surface area contributed by atoms with Gasteiger partial charge < -0.3 is 20.1 Å². The second-order valence-electron chi connectivity index (χ2n) is 8.91.